The minimum Gasteiger partial charge on any atom is -0.408 e. The zero-order valence-electron chi connectivity index (χ0n) is 10.8. The van der Waals surface area contributed by atoms with Gasteiger partial charge in [0.25, 0.3) is 0 Å². The highest BCUT2D eigenvalue weighted by Gasteiger charge is 2.25. The van der Waals surface area contributed by atoms with Crippen LogP contribution in [0.2, 0.25) is 0 Å². The van der Waals surface area contributed by atoms with Crippen LogP contribution in [0.1, 0.15) is 18.7 Å². The summed E-state index contributed by atoms with van der Waals surface area (Å²) < 4.78 is 5.11. The van der Waals surface area contributed by atoms with Gasteiger partial charge in [-0.2, -0.15) is 0 Å². The van der Waals surface area contributed by atoms with Gasteiger partial charge in [0.1, 0.15) is 0 Å². The Bertz CT molecular complexity index is 406. The maximum absolute atomic E-state index is 11.8. The Morgan fingerprint density at radius 2 is 2.39 bits per heavy atom. The lowest BCUT2D eigenvalue weighted by Gasteiger charge is -2.22. The van der Waals surface area contributed by atoms with Gasteiger partial charge in [-0.3, -0.25) is 15.0 Å². The van der Waals surface area contributed by atoms with Gasteiger partial charge in [0, 0.05) is 19.5 Å². The Morgan fingerprint density at radius 3 is 3.06 bits per heavy atom. The van der Waals surface area contributed by atoms with Gasteiger partial charge < -0.3 is 9.73 Å². The van der Waals surface area contributed by atoms with Crippen LogP contribution in [-0.2, 0) is 4.79 Å². The number of likely N-dealkylation sites (tertiary alicyclic amines) is 1. The quantitative estimate of drug-likeness (QED) is 0.768. The predicted molar refractivity (Wildman–Crippen MR) is 66.2 cm³/mol. The summed E-state index contributed by atoms with van der Waals surface area (Å²) in [5.41, 5.74) is 0. The van der Waals surface area contributed by atoms with Gasteiger partial charge in [0.2, 0.25) is 11.8 Å². The summed E-state index contributed by atoms with van der Waals surface area (Å²) in [5.74, 6) is 0.334. The second-order valence-corrected chi connectivity index (χ2v) is 4.50. The van der Waals surface area contributed by atoms with E-state index < -0.39 is 0 Å². The lowest BCUT2D eigenvalue weighted by Crippen LogP contribution is -2.41. The molecular formula is C11H19N5O2. The van der Waals surface area contributed by atoms with E-state index in [4.69, 9.17) is 4.42 Å². The SMILES string of the molecule is CNCC1CCCN1CC(=O)Nc1nnc(C)o1. The van der Waals surface area contributed by atoms with Crippen molar-refractivity contribution in [1.29, 1.82) is 0 Å². The molecule has 2 N–H and O–H groups in total. The Balaban J connectivity index is 1.83. The zero-order valence-corrected chi connectivity index (χ0v) is 10.8. The molecule has 2 heterocycles. The summed E-state index contributed by atoms with van der Waals surface area (Å²) in [4.78, 5) is 14.0. The fourth-order valence-electron chi connectivity index (χ4n) is 2.26. The first-order chi connectivity index (χ1) is 8.69. The first-order valence-electron chi connectivity index (χ1n) is 6.17. The lowest BCUT2D eigenvalue weighted by molar-refractivity contribution is -0.117. The van der Waals surface area contributed by atoms with E-state index in [2.05, 4.69) is 25.7 Å². The molecule has 0 aromatic carbocycles. The second-order valence-electron chi connectivity index (χ2n) is 4.50. The standard InChI is InChI=1S/C11H19N5O2/c1-8-14-15-11(18-8)13-10(17)7-16-5-3-4-9(16)6-12-2/h9,12H,3-7H2,1-2H3,(H,13,15,17). The number of nitrogens with one attached hydrogen (secondary N) is 2. The van der Waals surface area contributed by atoms with Crippen LogP contribution < -0.4 is 10.6 Å². The Labute approximate surface area is 106 Å². The second kappa shape index (κ2) is 5.92. The average Bonchev–Trinajstić information content (AvgIpc) is 2.90. The number of aryl methyl sites for hydroxylation is 1. The van der Waals surface area contributed by atoms with Crippen LogP contribution in [0.25, 0.3) is 0 Å². The number of aromatic nitrogens is 2. The highest BCUT2D eigenvalue weighted by molar-refractivity contribution is 5.90. The number of anilines is 1. The molecule has 0 saturated carbocycles. The number of nitrogens with zero attached hydrogens (tertiary/aromatic N) is 3. The average molecular weight is 253 g/mol. The number of likely N-dealkylation sites (N-methyl/N-ethyl adjacent to an activating group) is 1. The summed E-state index contributed by atoms with van der Waals surface area (Å²) in [7, 11) is 1.93. The molecule has 0 radical (unpaired) electrons. The molecule has 1 aliphatic rings. The van der Waals surface area contributed by atoms with Gasteiger partial charge in [-0.05, 0) is 26.4 Å². The van der Waals surface area contributed by atoms with Crippen molar-refractivity contribution in [2.24, 2.45) is 0 Å². The van der Waals surface area contributed by atoms with E-state index in [9.17, 15) is 4.79 Å². The minimum absolute atomic E-state index is 0.110. The summed E-state index contributed by atoms with van der Waals surface area (Å²) in [5, 5.41) is 13.2. The van der Waals surface area contributed by atoms with E-state index in [1.165, 1.54) is 0 Å². The molecule has 1 unspecified atom stereocenters. The predicted octanol–water partition coefficient (Wildman–Crippen LogP) is 0.000320. The van der Waals surface area contributed by atoms with Crippen LogP contribution in [0.3, 0.4) is 0 Å². The van der Waals surface area contributed by atoms with Crippen molar-refractivity contribution in [1.82, 2.24) is 20.4 Å². The smallest absolute Gasteiger partial charge is 0.322 e. The molecule has 18 heavy (non-hydrogen) atoms. The third-order valence-corrected chi connectivity index (χ3v) is 3.06. The van der Waals surface area contributed by atoms with Crippen molar-refractivity contribution in [2.75, 3.05) is 32.0 Å². The molecule has 0 bridgehead atoms. The molecule has 2 rings (SSSR count). The molecular weight excluding hydrogens is 234 g/mol. The van der Waals surface area contributed by atoms with Crippen LogP contribution in [0, 0.1) is 6.92 Å². The molecule has 1 aromatic heterocycles. The summed E-state index contributed by atoms with van der Waals surface area (Å²) in [6.07, 6.45) is 2.27. The van der Waals surface area contributed by atoms with Gasteiger partial charge in [-0.15, -0.1) is 5.10 Å². The first kappa shape index (κ1) is 13.0. The largest absolute Gasteiger partial charge is 0.408 e. The Morgan fingerprint density at radius 1 is 1.56 bits per heavy atom. The van der Waals surface area contributed by atoms with E-state index in [-0.39, 0.29) is 11.9 Å². The minimum atomic E-state index is -0.110. The number of amides is 1. The number of rotatable bonds is 5. The van der Waals surface area contributed by atoms with Gasteiger partial charge in [0.15, 0.2) is 0 Å². The molecule has 7 nitrogen and oxygen atoms in total. The van der Waals surface area contributed by atoms with Crippen molar-refractivity contribution in [3.63, 3.8) is 0 Å². The van der Waals surface area contributed by atoms with Gasteiger partial charge >= 0.3 is 6.01 Å². The van der Waals surface area contributed by atoms with E-state index >= 15 is 0 Å². The van der Waals surface area contributed by atoms with E-state index in [1.54, 1.807) is 6.92 Å². The third-order valence-electron chi connectivity index (χ3n) is 3.06. The topological polar surface area (TPSA) is 83.3 Å². The molecule has 1 fully saturated rings. The lowest BCUT2D eigenvalue weighted by atomic mass is 10.2. The monoisotopic (exact) mass is 253 g/mol. The molecule has 1 saturated heterocycles. The Hall–Kier alpha value is -1.47. The molecule has 1 aromatic rings. The number of hydrogen-bond acceptors (Lipinski definition) is 6. The molecule has 0 aliphatic carbocycles. The van der Waals surface area contributed by atoms with Crippen molar-refractivity contribution in [3.8, 4) is 0 Å². The van der Waals surface area contributed by atoms with Crippen molar-refractivity contribution in [2.45, 2.75) is 25.8 Å². The molecule has 1 aliphatic heterocycles. The van der Waals surface area contributed by atoms with Gasteiger partial charge in [-0.25, -0.2) is 0 Å². The van der Waals surface area contributed by atoms with E-state index in [1.807, 2.05) is 7.05 Å². The summed E-state index contributed by atoms with van der Waals surface area (Å²) >= 11 is 0. The normalized spacial score (nSPS) is 20.2. The summed E-state index contributed by atoms with van der Waals surface area (Å²) in [6, 6.07) is 0.604. The fourth-order valence-corrected chi connectivity index (χ4v) is 2.26. The van der Waals surface area contributed by atoms with Crippen LogP contribution in [0.5, 0.6) is 0 Å². The van der Waals surface area contributed by atoms with Crippen molar-refractivity contribution in [3.05, 3.63) is 5.89 Å². The van der Waals surface area contributed by atoms with Gasteiger partial charge in [-0.1, -0.05) is 5.10 Å². The molecule has 1 amide bonds. The molecule has 0 spiro atoms. The third kappa shape index (κ3) is 3.27. The van der Waals surface area contributed by atoms with E-state index in [0.29, 0.717) is 18.5 Å². The highest BCUT2D eigenvalue weighted by Crippen LogP contribution is 2.16. The fraction of sp³-hybridized carbons (Fsp3) is 0.727. The van der Waals surface area contributed by atoms with Gasteiger partial charge in [0.05, 0.1) is 6.54 Å². The molecule has 1 atom stereocenters. The van der Waals surface area contributed by atoms with Crippen molar-refractivity contribution < 1.29 is 9.21 Å². The highest BCUT2D eigenvalue weighted by atomic mass is 16.4. The van der Waals surface area contributed by atoms with Crippen LogP contribution >= 0.6 is 0 Å². The summed E-state index contributed by atoms with van der Waals surface area (Å²) in [6.45, 7) is 3.93. The number of hydrogen-bond donors (Lipinski definition) is 2. The van der Waals surface area contributed by atoms with Crippen LogP contribution in [0.15, 0.2) is 4.42 Å². The maximum atomic E-state index is 11.8. The van der Waals surface area contributed by atoms with Crippen LogP contribution in [-0.4, -0.2) is 53.7 Å². The van der Waals surface area contributed by atoms with Crippen LogP contribution in [0.4, 0.5) is 6.01 Å². The Kier molecular flexibility index (Phi) is 4.27. The first-order valence-corrected chi connectivity index (χ1v) is 6.17. The van der Waals surface area contributed by atoms with E-state index in [0.717, 1.165) is 25.9 Å². The van der Waals surface area contributed by atoms with Crippen molar-refractivity contribution >= 4 is 11.9 Å². The number of carbonyl (C=O) groups excluding carboxylic acids is 1. The molecule has 7 heteroatoms. The maximum Gasteiger partial charge on any atom is 0.322 e. The zero-order chi connectivity index (χ0) is 13.0. The number of carbonyl (C=O) groups is 1. The molecule has 100 valence electrons.